The van der Waals surface area contributed by atoms with Crippen LogP contribution in [0.25, 0.3) is 0 Å². The predicted molar refractivity (Wildman–Crippen MR) is 75.4 cm³/mol. The summed E-state index contributed by atoms with van der Waals surface area (Å²) in [5, 5.41) is 6.01. The Labute approximate surface area is 117 Å². The number of ether oxygens (including phenoxy) is 1. The van der Waals surface area contributed by atoms with Gasteiger partial charge in [0.15, 0.2) is 0 Å². The van der Waals surface area contributed by atoms with E-state index in [1.165, 1.54) is 6.07 Å². The van der Waals surface area contributed by atoms with Gasteiger partial charge in [0, 0.05) is 30.7 Å². The molecular formula is C15H19FN2O2. The summed E-state index contributed by atoms with van der Waals surface area (Å²) in [7, 11) is 0. The van der Waals surface area contributed by atoms with Crippen molar-refractivity contribution < 1.29 is 13.9 Å². The normalized spacial score (nSPS) is 23.1. The van der Waals surface area contributed by atoms with E-state index in [1.54, 1.807) is 6.07 Å². The highest BCUT2D eigenvalue weighted by molar-refractivity contribution is 5.94. The average Bonchev–Trinajstić information content (AvgIpc) is 2.94. The molecule has 20 heavy (non-hydrogen) atoms. The van der Waals surface area contributed by atoms with Gasteiger partial charge in [-0.2, -0.15) is 0 Å². The number of amides is 1. The highest BCUT2D eigenvalue weighted by Crippen LogP contribution is 2.30. The van der Waals surface area contributed by atoms with Crippen molar-refractivity contribution in [3.8, 4) is 0 Å². The van der Waals surface area contributed by atoms with Crippen molar-refractivity contribution in [2.24, 2.45) is 5.92 Å². The number of aryl methyl sites for hydroxylation is 1. The summed E-state index contributed by atoms with van der Waals surface area (Å²) in [6, 6.07) is 3.37. The molecule has 2 heterocycles. The number of nitrogens with one attached hydrogen (secondary N) is 2. The minimum atomic E-state index is -0.259. The van der Waals surface area contributed by atoms with Crippen molar-refractivity contribution in [3.05, 3.63) is 23.5 Å². The van der Waals surface area contributed by atoms with E-state index in [1.807, 2.05) is 6.92 Å². The van der Waals surface area contributed by atoms with Gasteiger partial charge in [-0.1, -0.05) is 0 Å². The smallest absolute Gasteiger partial charge is 0.224 e. The molecule has 0 aliphatic carbocycles. The number of anilines is 2. The molecule has 1 fully saturated rings. The van der Waals surface area contributed by atoms with E-state index < -0.39 is 0 Å². The first kappa shape index (κ1) is 13.4. The number of hydrogen-bond donors (Lipinski definition) is 2. The standard InChI is InChI=1S/C15H19FN2O2/c1-9(11-4-5-20-8-11)17-14-7-13-10(6-12(14)16)2-3-15(19)18-13/h6-7,9,11,17H,2-5,8H2,1H3,(H,18,19). The molecule has 0 radical (unpaired) electrons. The van der Waals surface area contributed by atoms with Crippen LogP contribution in [0.5, 0.6) is 0 Å². The third kappa shape index (κ3) is 2.63. The van der Waals surface area contributed by atoms with E-state index in [0.29, 0.717) is 24.4 Å². The fourth-order valence-electron chi connectivity index (χ4n) is 2.82. The van der Waals surface area contributed by atoms with Gasteiger partial charge in [0.25, 0.3) is 0 Å². The maximum Gasteiger partial charge on any atom is 0.224 e. The Kier molecular flexibility index (Phi) is 3.61. The molecule has 3 rings (SSSR count). The van der Waals surface area contributed by atoms with Gasteiger partial charge in [-0.15, -0.1) is 0 Å². The molecule has 1 aromatic carbocycles. The Morgan fingerprint density at radius 2 is 2.30 bits per heavy atom. The van der Waals surface area contributed by atoms with E-state index in [2.05, 4.69) is 10.6 Å². The molecule has 1 aromatic rings. The monoisotopic (exact) mass is 278 g/mol. The van der Waals surface area contributed by atoms with Crippen LogP contribution in [0.2, 0.25) is 0 Å². The summed E-state index contributed by atoms with van der Waals surface area (Å²) < 4.78 is 19.5. The number of fused-ring (bicyclic) bond motifs is 1. The number of carbonyl (C=O) groups excluding carboxylic acids is 1. The summed E-state index contributed by atoms with van der Waals surface area (Å²) in [5.41, 5.74) is 2.04. The van der Waals surface area contributed by atoms with Gasteiger partial charge in [-0.3, -0.25) is 4.79 Å². The second kappa shape index (κ2) is 5.40. The van der Waals surface area contributed by atoms with Gasteiger partial charge in [0.1, 0.15) is 5.82 Å². The quantitative estimate of drug-likeness (QED) is 0.893. The van der Waals surface area contributed by atoms with Gasteiger partial charge in [0.05, 0.1) is 12.3 Å². The van der Waals surface area contributed by atoms with Gasteiger partial charge < -0.3 is 15.4 Å². The van der Waals surface area contributed by atoms with E-state index in [0.717, 1.165) is 30.9 Å². The molecule has 4 nitrogen and oxygen atoms in total. The summed E-state index contributed by atoms with van der Waals surface area (Å²) in [4.78, 5) is 11.4. The molecule has 108 valence electrons. The number of carbonyl (C=O) groups is 1. The molecule has 0 aromatic heterocycles. The summed E-state index contributed by atoms with van der Waals surface area (Å²) in [5.74, 6) is 0.137. The molecule has 2 aliphatic heterocycles. The topological polar surface area (TPSA) is 50.4 Å². The van der Waals surface area contributed by atoms with Gasteiger partial charge in [-0.05, 0) is 37.5 Å². The van der Waals surface area contributed by atoms with Crippen molar-refractivity contribution in [2.45, 2.75) is 32.2 Å². The lowest BCUT2D eigenvalue weighted by molar-refractivity contribution is -0.116. The minimum absolute atomic E-state index is 0.00713. The van der Waals surface area contributed by atoms with Crippen LogP contribution in [0, 0.1) is 11.7 Å². The summed E-state index contributed by atoms with van der Waals surface area (Å²) in [6.45, 7) is 3.54. The van der Waals surface area contributed by atoms with Crippen LogP contribution in [0.1, 0.15) is 25.3 Å². The Hall–Kier alpha value is -1.62. The Morgan fingerprint density at radius 1 is 1.45 bits per heavy atom. The molecule has 0 saturated carbocycles. The van der Waals surface area contributed by atoms with E-state index in [-0.39, 0.29) is 17.8 Å². The lowest BCUT2D eigenvalue weighted by atomic mass is 9.99. The molecule has 2 aliphatic rings. The van der Waals surface area contributed by atoms with Crippen LogP contribution in [0.15, 0.2) is 12.1 Å². The number of hydrogen-bond acceptors (Lipinski definition) is 3. The Balaban J connectivity index is 1.78. The maximum atomic E-state index is 14.1. The average molecular weight is 278 g/mol. The molecular weight excluding hydrogens is 259 g/mol. The third-order valence-corrected chi connectivity index (χ3v) is 4.14. The number of rotatable bonds is 3. The van der Waals surface area contributed by atoms with Crippen LogP contribution in [0.4, 0.5) is 15.8 Å². The van der Waals surface area contributed by atoms with E-state index in [4.69, 9.17) is 4.74 Å². The minimum Gasteiger partial charge on any atom is -0.381 e. The third-order valence-electron chi connectivity index (χ3n) is 4.14. The van der Waals surface area contributed by atoms with Crippen LogP contribution in [-0.4, -0.2) is 25.2 Å². The molecule has 0 bridgehead atoms. The molecule has 5 heteroatoms. The van der Waals surface area contributed by atoms with Crippen LogP contribution in [-0.2, 0) is 16.0 Å². The summed E-state index contributed by atoms with van der Waals surface area (Å²) >= 11 is 0. The molecule has 2 N–H and O–H groups in total. The van der Waals surface area contributed by atoms with E-state index >= 15 is 0 Å². The van der Waals surface area contributed by atoms with Crippen molar-refractivity contribution in [2.75, 3.05) is 23.8 Å². The summed E-state index contributed by atoms with van der Waals surface area (Å²) in [6.07, 6.45) is 2.02. The second-order valence-electron chi connectivity index (χ2n) is 5.59. The van der Waals surface area contributed by atoms with Crippen molar-refractivity contribution in [1.29, 1.82) is 0 Å². The first-order valence-electron chi connectivity index (χ1n) is 7.10. The SMILES string of the molecule is CC(Nc1cc2c(cc1F)CCC(=O)N2)C1CCOC1. The van der Waals surface area contributed by atoms with Crippen LogP contribution in [0.3, 0.4) is 0 Å². The van der Waals surface area contributed by atoms with Crippen LogP contribution < -0.4 is 10.6 Å². The van der Waals surface area contributed by atoms with Crippen molar-refractivity contribution in [1.82, 2.24) is 0 Å². The van der Waals surface area contributed by atoms with Crippen molar-refractivity contribution in [3.63, 3.8) is 0 Å². The zero-order valence-corrected chi connectivity index (χ0v) is 11.5. The molecule has 1 amide bonds. The zero-order chi connectivity index (χ0) is 14.1. The Bertz CT molecular complexity index is 527. The highest BCUT2D eigenvalue weighted by atomic mass is 19.1. The molecule has 1 saturated heterocycles. The Morgan fingerprint density at radius 3 is 3.05 bits per heavy atom. The number of halogens is 1. The fraction of sp³-hybridized carbons (Fsp3) is 0.533. The lowest BCUT2D eigenvalue weighted by Crippen LogP contribution is -2.27. The first-order chi connectivity index (χ1) is 9.63. The highest BCUT2D eigenvalue weighted by Gasteiger charge is 2.24. The number of benzene rings is 1. The molecule has 2 unspecified atom stereocenters. The lowest BCUT2D eigenvalue weighted by Gasteiger charge is -2.23. The maximum absolute atomic E-state index is 14.1. The van der Waals surface area contributed by atoms with Gasteiger partial charge in [0.2, 0.25) is 5.91 Å². The first-order valence-corrected chi connectivity index (χ1v) is 7.10. The predicted octanol–water partition coefficient (Wildman–Crippen LogP) is 2.55. The zero-order valence-electron chi connectivity index (χ0n) is 11.5. The van der Waals surface area contributed by atoms with Gasteiger partial charge >= 0.3 is 0 Å². The fourth-order valence-corrected chi connectivity index (χ4v) is 2.82. The van der Waals surface area contributed by atoms with Crippen molar-refractivity contribution >= 4 is 17.3 Å². The second-order valence-corrected chi connectivity index (χ2v) is 5.59. The van der Waals surface area contributed by atoms with Gasteiger partial charge in [-0.25, -0.2) is 4.39 Å². The molecule has 0 spiro atoms. The van der Waals surface area contributed by atoms with E-state index in [9.17, 15) is 9.18 Å². The van der Waals surface area contributed by atoms with Crippen LogP contribution >= 0.6 is 0 Å². The largest absolute Gasteiger partial charge is 0.381 e. The molecule has 2 atom stereocenters.